The van der Waals surface area contributed by atoms with Crippen LogP contribution in [-0.4, -0.2) is 13.1 Å². The van der Waals surface area contributed by atoms with Crippen molar-refractivity contribution in [3.63, 3.8) is 0 Å². The molecule has 0 aliphatic rings. The molecule has 0 aromatic heterocycles. The van der Waals surface area contributed by atoms with Crippen molar-refractivity contribution in [1.82, 2.24) is 0 Å². The minimum atomic E-state index is -4.64. The summed E-state index contributed by atoms with van der Waals surface area (Å²) in [5, 5.41) is 0. The van der Waals surface area contributed by atoms with E-state index in [-0.39, 0.29) is 5.75 Å². The van der Waals surface area contributed by atoms with E-state index in [9.17, 15) is 18.0 Å². The molecule has 0 atom stereocenters. The number of esters is 1. The van der Waals surface area contributed by atoms with E-state index in [4.69, 9.17) is 15.2 Å². The molecule has 0 amide bonds. The van der Waals surface area contributed by atoms with Crippen molar-refractivity contribution in [2.45, 2.75) is 40.8 Å². The predicted molar refractivity (Wildman–Crippen MR) is 134 cm³/mol. The predicted octanol–water partition coefficient (Wildman–Crippen LogP) is 7.29. The van der Waals surface area contributed by atoms with E-state index in [1.165, 1.54) is 12.1 Å². The Balaban J connectivity index is 2.07. The van der Waals surface area contributed by atoms with Crippen LogP contribution >= 0.6 is 0 Å². The minimum absolute atomic E-state index is 0.232. The standard InChI is InChI=1S/C28H30F3NO3/c1-17(10-12-23-19(3)15-26(34-6)21(5)20(23)4)8-7-9-18(2)14-27(33)35-22-11-13-25(32)24(16-22)28(29,30)31/h7-16H,32H2,1-6H3/b9-7+,12-10+,17-8+,18-14+. The van der Waals surface area contributed by atoms with E-state index in [2.05, 4.69) is 13.0 Å². The largest absolute Gasteiger partial charge is 0.496 e. The van der Waals surface area contributed by atoms with Gasteiger partial charge in [0.15, 0.2) is 0 Å². The highest BCUT2D eigenvalue weighted by molar-refractivity contribution is 5.85. The van der Waals surface area contributed by atoms with Gasteiger partial charge in [0.2, 0.25) is 0 Å². The van der Waals surface area contributed by atoms with Crippen molar-refractivity contribution in [3.05, 3.63) is 93.6 Å². The van der Waals surface area contributed by atoms with Gasteiger partial charge in [0.1, 0.15) is 11.5 Å². The van der Waals surface area contributed by atoms with Crippen molar-refractivity contribution in [2.75, 3.05) is 12.8 Å². The summed E-state index contributed by atoms with van der Waals surface area (Å²) in [6, 6.07) is 4.99. The number of halogens is 3. The van der Waals surface area contributed by atoms with Crippen molar-refractivity contribution >= 4 is 17.7 Å². The number of carbonyl (C=O) groups is 1. The van der Waals surface area contributed by atoms with Crippen LogP contribution in [0.3, 0.4) is 0 Å². The van der Waals surface area contributed by atoms with Gasteiger partial charge in [-0.05, 0) is 86.7 Å². The lowest BCUT2D eigenvalue weighted by molar-refractivity contribution is -0.137. The summed E-state index contributed by atoms with van der Waals surface area (Å²) in [6.45, 7) is 9.77. The number of carbonyl (C=O) groups excluding carboxylic acids is 1. The summed E-state index contributed by atoms with van der Waals surface area (Å²) >= 11 is 0. The van der Waals surface area contributed by atoms with Gasteiger partial charge in [-0.15, -0.1) is 0 Å². The smallest absolute Gasteiger partial charge is 0.418 e. The molecular formula is C28H30F3NO3. The van der Waals surface area contributed by atoms with Crippen LogP contribution in [0, 0.1) is 20.8 Å². The van der Waals surface area contributed by atoms with Crippen LogP contribution in [0.15, 0.2) is 65.8 Å². The molecule has 7 heteroatoms. The van der Waals surface area contributed by atoms with E-state index in [1.54, 1.807) is 26.2 Å². The van der Waals surface area contributed by atoms with Gasteiger partial charge in [-0.25, -0.2) is 4.79 Å². The Hall–Kier alpha value is -3.74. The number of rotatable bonds is 7. The van der Waals surface area contributed by atoms with Crippen LogP contribution in [0.4, 0.5) is 18.9 Å². The van der Waals surface area contributed by atoms with E-state index in [0.29, 0.717) is 11.6 Å². The average molecular weight is 486 g/mol. The SMILES string of the molecule is COc1cc(C)c(/C=C/C(C)=C/C=C/C(C)=C/C(=O)Oc2ccc(N)c(C(F)(F)F)c2)c(C)c1C. The lowest BCUT2D eigenvalue weighted by Gasteiger charge is -2.13. The van der Waals surface area contributed by atoms with Crippen LogP contribution in [0.5, 0.6) is 11.5 Å². The molecular weight excluding hydrogens is 455 g/mol. The average Bonchev–Trinajstić information content (AvgIpc) is 2.76. The summed E-state index contributed by atoms with van der Waals surface area (Å²) in [6.07, 6.45) is 5.99. The molecule has 2 N–H and O–H groups in total. The van der Waals surface area contributed by atoms with Crippen LogP contribution in [0.25, 0.3) is 6.08 Å². The molecule has 186 valence electrons. The first-order chi connectivity index (χ1) is 16.3. The van der Waals surface area contributed by atoms with Crippen molar-refractivity contribution in [3.8, 4) is 11.5 Å². The van der Waals surface area contributed by atoms with Crippen molar-refractivity contribution in [1.29, 1.82) is 0 Å². The normalized spacial score (nSPS) is 13.1. The van der Waals surface area contributed by atoms with Gasteiger partial charge in [0.05, 0.1) is 12.7 Å². The summed E-state index contributed by atoms with van der Waals surface area (Å²) in [4.78, 5) is 12.1. The van der Waals surface area contributed by atoms with E-state index in [0.717, 1.165) is 39.6 Å². The first-order valence-electron chi connectivity index (χ1n) is 10.9. The number of alkyl halides is 3. The van der Waals surface area contributed by atoms with Gasteiger partial charge in [-0.3, -0.25) is 0 Å². The second-order valence-electron chi connectivity index (χ2n) is 8.22. The number of nitrogen functional groups attached to an aromatic ring is 1. The molecule has 0 radical (unpaired) electrons. The first-order valence-corrected chi connectivity index (χ1v) is 10.9. The number of hydrogen-bond donors (Lipinski definition) is 1. The Labute approximate surface area is 204 Å². The zero-order valence-electron chi connectivity index (χ0n) is 20.7. The molecule has 0 saturated heterocycles. The molecule has 0 spiro atoms. The summed E-state index contributed by atoms with van der Waals surface area (Å²) in [5.74, 6) is -0.151. The number of anilines is 1. The molecule has 0 fully saturated rings. The maximum atomic E-state index is 13.0. The van der Waals surface area contributed by atoms with Crippen LogP contribution in [0.2, 0.25) is 0 Å². The zero-order chi connectivity index (χ0) is 26.3. The first kappa shape index (κ1) is 27.5. The second kappa shape index (κ2) is 11.6. The molecule has 0 heterocycles. The molecule has 2 aromatic rings. The maximum absolute atomic E-state index is 13.0. The molecule has 2 rings (SSSR count). The topological polar surface area (TPSA) is 61.5 Å². The van der Waals surface area contributed by atoms with Gasteiger partial charge in [0, 0.05) is 11.8 Å². The van der Waals surface area contributed by atoms with E-state index >= 15 is 0 Å². The Kier molecular flexibility index (Phi) is 9.12. The third-order valence-electron chi connectivity index (χ3n) is 5.45. The summed E-state index contributed by atoms with van der Waals surface area (Å²) in [5.41, 5.74) is 9.94. The molecule has 35 heavy (non-hydrogen) atoms. The monoisotopic (exact) mass is 485 g/mol. The van der Waals surface area contributed by atoms with E-state index < -0.39 is 23.4 Å². The third-order valence-corrected chi connectivity index (χ3v) is 5.45. The Bertz CT molecular complexity index is 1220. The molecule has 2 aromatic carbocycles. The fourth-order valence-corrected chi connectivity index (χ4v) is 3.38. The Morgan fingerprint density at radius 3 is 2.31 bits per heavy atom. The molecule has 0 aliphatic carbocycles. The third kappa shape index (κ3) is 7.64. The molecule has 0 unspecified atom stereocenters. The highest BCUT2D eigenvalue weighted by Gasteiger charge is 2.33. The fourth-order valence-electron chi connectivity index (χ4n) is 3.38. The number of allylic oxidation sites excluding steroid dienone is 6. The lowest BCUT2D eigenvalue weighted by atomic mass is 9.96. The van der Waals surface area contributed by atoms with Gasteiger partial charge in [-0.2, -0.15) is 13.2 Å². The van der Waals surface area contributed by atoms with Crippen LogP contribution in [-0.2, 0) is 11.0 Å². The summed E-state index contributed by atoms with van der Waals surface area (Å²) < 4.78 is 49.3. The quantitative estimate of drug-likeness (QED) is 0.147. The number of ether oxygens (including phenoxy) is 2. The van der Waals surface area contributed by atoms with Crippen LogP contribution in [0.1, 0.15) is 41.7 Å². The van der Waals surface area contributed by atoms with Gasteiger partial charge >= 0.3 is 12.1 Å². The Morgan fingerprint density at radius 1 is 1.00 bits per heavy atom. The molecule has 0 saturated carbocycles. The van der Waals surface area contributed by atoms with Gasteiger partial charge in [-0.1, -0.05) is 36.0 Å². The van der Waals surface area contributed by atoms with Crippen molar-refractivity contribution in [2.24, 2.45) is 0 Å². The number of hydrogen-bond acceptors (Lipinski definition) is 4. The summed E-state index contributed by atoms with van der Waals surface area (Å²) in [7, 11) is 1.66. The van der Waals surface area contributed by atoms with Gasteiger partial charge in [0.25, 0.3) is 0 Å². The fraction of sp³-hybridized carbons (Fsp3) is 0.250. The number of methoxy groups -OCH3 is 1. The lowest BCUT2D eigenvalue weighted by Crippen LogP contribution is -2.10. The number of aryl methyl sites for hydroxylation is 1. The number of benzene rings is 2. The highest BCUT2D eigenvalue weighted by atomic mass is 19.4. The molecule has 4 nitrogen and oxygen atoms in total. The number of nitrogens with two attached hydrogens (primary N) is 1. The minimum Gasteiger partial charge on any atom is -0.496 e. The highest BCUT2D eigenvalue weighted by Crippen LogP contribution is 2.35. The Morgan fingerprint density at radius 2 is 1.69 bits per heavy atom. The zero-order valence-corrected chi connectivity index (χ0v) is 20.7. The van der Waals surface area contributed by atoms with Crippen molar-refractivity contribution < 1.29 is 27.4 Å². The molecule has 0 aliphatic heterocycles. The second-order valence-corrected chi connectivity index (χ2v) is 8.22. The van der Waals surface area contributed by atoms with E-state index in [1.807, 2.05) is 39.0 Å². The van der Waals surface area contributed by atoms with Crippen LogP contribution < -0.4 is 15.2 Å². The van der Waals surface area contributed by atoms with Gasteiger partial charge < -0.3 is 15.2 Å². The maximum Gasteiger partial charge on any atom is 0.418 e. The molecule has 0 bridgehead atoms.